The van der Waals surface area contributed by atoms with Crippen molar-refractivity contribution in [1.29, 1.82) is 0 Å². The highest BCUT2D eigenvalue weighted by molar-refractivity contribution is 6.20. The van der Waals surface area contributed by atoms with E-state index in [4.69, 9.17) is 21.4 Å². The Morgan fingerprint density at radius 1 is 1.30 bits per heavy atom. The summed E-state index contributed by atoms with van der Waals surface area (Å²) in [6.07, 6.45) is 6.82. The first-order valence-corrected chi connectivity index (χ1v) is 8.48. The number of nitrogens with zero attached hydrogens (tertiary/aromatic N) is 2. The van der Waals surface area contributed by atoms with Crippen molar-refractivity contribution in [1.82, 2.24) is 9.78 Å². The van der Waals surface area contributed by atoms with Crippen LogP contribution in [-0.2, 0) is 24.1 Å². The fraction of sp³-hybridized carbons (Fsp3) is 0.812. The van der Waals surface area contributed by atoms with Gasteiger partial charge in [-0.15, -0.1) is 11.6 Å². The third kappa shape index (κ3) is 3.37. The largest absolute Gasteiger partial charge is 0.376 e. The molecular weight excluding hydrogens is 272 g/mol. The summed E-state index contributed by atoms with van der Waals surface area (Å²) in [6, 6.07) is 0. The highest BCUT2D eigenvalue weighted by Crippen LogP contribution is 2.31. The van der Waals surface area contributed by atoms with Crippen LogP contribution < -0.4 is 0 Å². The highest BCUT2D eigenvalue weighted by Gasteiger charge is 2.23. The van der Waals surface area contributed by atoms with Crippen LogP contribution >= 0.6 is 11.6 Å². The molecule has 0 spiro atoms. The average Bonchev–Trinajstić information content (AvgIpc) is 2.85. The molecule has 1 aromatic heterocycles. The van der Waals surface area contributed by atoms with Crippen LogP contribution in [-0.4, -0.2) is 22.5 Å². The van der Waals surface area contributed by atoms with Crippen molar-refractivity contribution in [2.75, 3.05) is 6.61 Å². The molecule has 4 heteroatoms. The molecule has 0 radical (unpaired) electrons. The number of aromatic nitrogens is 2. The molecule has 3 nitrogen and oxygen atoms in total. The molecule has 2 unspecified atom stereocenters. The molecule has 0 saturated carbocycles. The molecule has 2 heterocycles. The number of halogens is 1. The zero-order chi connectivity index (χ0) is 14.5. The topological polar surface area (TPSA) is 27.1 Å². The molecule has 1 aliphatic heterocycles. The number of aryl methyl sites for hydroxylation is 1. The lowest BCUT2D eigenvalue weighted by Crippen LogP contribution is -2.26. The monoisotopic (exact) mass is 298 g/mol. The zero-order valence-corrected chi connectivity index (χ0v) is 13.7. The van der Waals surface area contributed by atoms with Crippen molar-refractivity contribution in [2.24, 2.45) is 0 Å². The summed E-state index contributed by atoms with van der Waals surface area (Å²) >= 11 is 6.53. The van der Waals surface area contributed by atoms with Crippen LogP contribution in [0.25, 0.3) is 0 Å². The Balaban J connectivity index is 2.25. The Bertz CT molecular complexity index is 424. The third-order valence-electron chi connectivity index (χ3n) is 4.17. The molecule has 114 valence electrons. The maximum Gasteiger partial charge on any atom is 0.0771 e. The summed E-state index contributed by atoms with van der Waals surface area (Å²) < 4.78 is 8.02. The van der Waals surface area contributed by atoms with Gasteiger partial charge in [0, 0.05) is 17.9 Å². The molecule has 1 fully saturated rings. The first-order chi connectivity index (χ1) is 9.71. The first kappa shape index (κ1) is 15.8. The van der Waals surface area contributed by atoms with E-state index in [9.17, 15) is 0 Å². The number of ether oxygens (including phenoxy) is 1. The lowest BCUT2D eigenvalue weighted by Gasteiger charge is -2.23. The Morgan fingerprint density at radius 3 is 2.65 bits per heavy atom. The van der Waals surface area contributed by atoms with E-state index in [0.29, 0.717) is 6.10 Å². The molecule has 0 aliphatic carbocycles. The summed E-state index contributed by atoms with van der Waals surface area (Å²) in [5.74, 6) is 0. The number of hydrogen-bond donors (Lipinski definition) is 0. The molecule has 0 N–H and O–H groups in total. The maximum absolute atomic E-state index is 6.53. The van der Waals surface area contributed by atoms with Crippen molar-refractivity contribution in [3.8, 4) is 0 Å². The van der Waals surface area contributed by atoms with Crippen molar-refractivity contribution < 1.29 is 4.74 Å². The number of rotatable bonds is 6. The van der Waals surface area contributed by atoms with Gasteiger partial charge in [-0.05, 0) is 38.5 Å². The van der Waals surface area contributed by atoms with Gasteiger partial charge in [-0.3, -0.25) is 4.68 Å². The number of alkyl halides is 1. The van der Waals surface area contributed by atoms with E-state index < -0.39 is 0 Å². The van der Waals surface area contributed by atoms with Crippen LogP contribution in [0.15, 0.2) is 0 Å². The van der Waals surface area contributed by atoms with E-state index in [1.165, 1.54) is 29.8 Å². The minimum absolute atomic E-state index is 0.0842. The van der Waals surface area contributed by atoms with E-state index in [-0.39, 0.29) is 5.38 Å². The van der Waals surface area contributed by atoms with Crippen LogP contribution in [0.1, 0.15) is 68.8 Å². The summed E-state index contributed by atoms with van der Waals surface area (Å²) in [4.78, 5) is 0. The predicted molar refractivity (Wildman–Crippen MR) is 83.5 cm³/mol. The van der Waals surface area contributed by atoms with Gasteiger partial charge in [0.1, 0.15) is 0 Å². The molecule has 0 bridgehead atoms. The minimum Gasteiger partial charge on any atom is -0.376 e. The lowest BCUT2D eigenvalue weighted by molar-refractivity contribution is 0.00348. The predicted octanol–water partition coefficient (Wildman–Crippen LogP) is 4.27. The van der Waals surface area contributed by atoms with Gasteiger partial charge in [0.2, 0.25) is 0 Å². The van der Waals surface area contributed by atoms with Crippen molar-refractivity contribution in [3.63, 3.8) is 0 Å². The van der Waals surface area contributed by atoms with Gasteiger partial charge in [-0.2, -0.15) is 5.10 Å². The van der Waals surface area contributed by atoms with E-state index in [0.717, 1.165) is 38.8 Å². The average molecular weight is 299 g/mol. The second-order valence-electron chi connectivity index (χ2n) is 5.56. The summed E-state index contributed by atoms with van der Waals surface area (Å²) in [5, 5.41) is 4.90. The van der Waals surface area contributed by atoms with E-state index in [2.05, 4.69) is 25.5 Å². The molecule has 1 aliphatic rings. The van der Waals surface area contributed by atoms with Crippen molar-refractivity contribution in [3.05, 3.63) is 17.0 Å². The van der Waals surface area contributed by atoms with Crippen LogP contribution in [0.4, 0.5) is 0 Å². The Morgan fingerprint density at radius 2 is 2.10 bits per heavy atom. The highest BCUT2D eigenvalue weighted by atomic mass is 35.5. The van der Waals surface area contributed by atoms with Crippen LogP contribution in [0.2, 0.25) is 0 Å². The summed E-state index contributed by atoms with van der Waals surface area (Å²) in [7, 11) is 0. The molecule has 1 saturated heterocycles. The second-order valence-corrected chi connectivity index (χ2v) is 6.09. The zero-order valence-electron chi connectivity index (χ0n) is 13.0. The normalized spacial score (nSPS) is 21.1. The number of hydrogen-bond acceptors (Lipinski definition) is 2. The van der Waals surface area contributed by atoms with Crippen molar-refractivity contribution in [2.45, 2.75) is 77.3 Å². The van der Waals surface area contributed by atoms with Crippen LogP contribution in [0.5, 0.6) is 0 Å². The van der Waals surface area contributed by atoms with Crippen LogP contribution in [0.3, 0.4) is 0 Å². The van der Waals surface area contributed by atoms with Gasteiger partial charge in [-0.25, -0.2) is 0 Å². The molecule has 20 heavy (non-hydrogen) atoms. The van der Waals surface area contributed by atoms with E-state index in [1.54, 1.807) is 0 Å². The summed E-state index contributed by atoms with van der Waals surface area (Å²) in [6.45, 7) is 8.26. The second kappa shape index (κ2) is 7.46. The first-order valence-electron chi connectivity index (χ1n) is 8.05. The van der Waals surface area contributed by atoms with Crippen LogP contribution in [0, 0.1) is 0 Å². The Labute approximate surface area is 127 Å². The van der Waals surface area contributed by atoms with Crippen molar-refractivity contribution >= 4 is 11.6 Å². The molecule has 2 rings (SSSR count). The van der Waals surface area contributed by atoms with Gasteiger partial charge >= 0.3 is 0 Å². The van der Waals surface area contributed by atoms with Gasteiger partial charge in [0.15, 0.2) is 0 Å². The lowest BCUT2D eigenvalue weighted by atomic mass is 10.0. The standard InChI is InChI=1S/C16H27ClN2O/c1-4-13(17)16-14(5-2)18-19(15(16)6-3)11-12-9-7-8-10-20-12/h12-13H,4-11H2,1-3H3. The SMILES string of the molecule is CCc1nn(CC2CCCCO2)c(CC)c1C(Cl)CC. The molecule has 0 amide bonds. The maximum atomic E-state index is 6.53. The molecule has 1 aromatic rings. The quantitative estimate of drug-likeness (QED) is 0.734. The smallest absolute Gasteiger partial charge is 0.0771 e. The minimum atomic E-state index is 0.0842. The molecule has 0 aromatic carbocycles. The fourth-order valence-electron chi connectivity index (χ4n) is 3.06. The van der Waals surface area contributed by atoms with Gasteiger partial charge in [-0.1, -0.05) is 20.8 Å². The van der Waals surface area contributed by atoms with Gasteiger partial charge < -0.3 is 4.74 Å². The molecule has 2 atom stereocenters. The van der Waals surface area contributed by atoms with E-state index in [1.807, 2.05) is 0 Å². The van der Waals surface area contributed by atoms with Gasteiger partial charge in [0.25, 0.3) is 0 Å². The fourth-order valence-corrected chi connectivity index (χ4v) is 3.31. The third-order valence-corrected chi connectivity index (χ3v) is 4.69. The molecular formula is C16H27ClN2O. The Kier molecular flexibility index (Phi) is 5.91. The summed E-state index contributed by atoms with van der Waals surface area (Å²) in [5.41, 5.74) is 3.74. The van der Waals surface area contributed by atoms with Gasteiger partial charge in [0.05, 0.1) is 23.7 Å². The Hall–Kier alpha value is -0.540. The van der Waals surface area contributed by atoms with E-state index >= 15 is 0 Å².